The molecule has 2 N–H and O–H groups in total. The van der Waals surface area contributed by atoms with Gasteiger partial charge in [0.05, 0.1) is 6.54 Å². The fourth-order valence-electron chi connectivity index (χ4n) is 2.55. The summed E-state index contributed by atoms with van der Waals surface area (Å²) in [6, 6.07) is 5.89. The molecule has 2 aliphatic rings. The molecule has 5 nitrogen and oxygen atoms in total. The Morgan fingerprint density at radius 1 is 1.30 bits per heavy atom. The molecule has 1 saturated heterocycles. The van der Waals surface area contributed by atoms with E-state index in [1.54, 1.807) is 0 Å². The number of piperidine rings is 1. The van der Waals surface area contributed by atoms with Crippen molar-refractivity contribution in [2.75, 3.05) is 19.9 Å². The summed E-state index contributed by atoms with van der Waals surface area (Å²) in [5.41, 5.74) is 7.16. The third-order valence-corrected chi connectivity index (χ3v) is 3.97. The molecule has 1 aromatic rings. The van der Waals surface area contributed by atoms with Gasteiger partial charge in [0.15, 0.2) is 17.5 Å². The van der Waals surface area contributed by atoms with Crippen LogP contribution in [0.15, 0.2) is 23.2 Å². The van der Waals surface area contributed by atoms with Gasteiger partial charge >= 0.3 is 0 Å². The van der Waals surface area contributed by atoms with Gasteiger partial charge in [-0.15, -0.1) is 0 Å². The highest BCUT2D eigenvalue weighted by molar-refractivity contribution is 5.78. The van der Waals surface area contributed by atoms with Gasteiger partial charge in [-0.05, 0) is 36.5 Å². The van der Waals surface area contributed by atoms with Crippen molar-refractivity contribution in [3.8, 4) is 11.5 Å². The van der Waals surface area contributed by atoms with E-state index in [9.17, 15) is 0 Å². The maximum atomic E-state index is 6.07. The highest BCUT2D eigenvalue weighted by Gasteiger charge is 2.17. The molecule has 0 spiro atoms. The maximum Gasteiger partial charge on any atom is 0.231 e. The number of benzene rings is 1. The topological polar surface area (TPSA) is 60.1 Å². The number of nitrogens with zero attached hydrogens (tertiary/aromatic N) is 2. The minimum Gasteiger partial charge on any atom is -0.454 e. The lowest BCUT2D eigenvalue weighted by Crippen LogP contribution is -2.42. The van der Waals surface area contributed by atoms with Crippen LogP contribution in [0.3, 0.4) is 0 Å². The Hall–Kier alpha value is -1.91. The fraction of sp³-hybridized carbons (Fsp3) is 0.533. The first-order chi connectivity index (χ1) is 9.72. The molecular weight excluding hydrogens is 254 g/mol. The molecule has 0 unspecified atom stereocenters. The number of nitrogens with two attached hydrogens (primary N) is 1. The van der Waals surface area contributed by atoms with E-state index in [0.717, 1.165) is 36.1 Å². The first kappa shape index (κ1) is 13.1. The standard InChI is InChI=1S/C15H21N3O2/c1-11-4-6-18(7-5-11)15(16)17-9-12-2-3-13-14(8-12)20-10-19-13/h2-3,8,11H,4-7,9-10H2,1H3,(H2,16,17). The van der Waals surface area contributed by atoms with Crippen LogP contribution in [-0.4, -0.2) is 30.7 Å². The van der Waals surface area contributed by atoms with Crippen molar-refractivity contribution in [3.05, 3.63) is 23.8 Å². The summed E-state index contributed by atoms with van der Waals surface area (Å²) in [5, 5.41) is 0. The largest absolute Gasteiger partial charge is 0.454 e. The predicted octanol–water partition coefficient (Wildman–Crippen LogP) is 1.96. The Labute approximate surface area is 119 Å². The van der Waals surface area contributed by atoms with Gasteiger partial charge in [0.2, 0.25) is 6.79 Å². The quantitative estimate of drug-likeness (QED) is 0.662. The summed E-state index contributed by atoms with van der Waals surface area (Å²) in [6.07, 6.45) is 2.39. The lowest BCUT2D eigenvalue weighted by molar-refractivity contribution is 0.174. The highest BCUT2D eigenvalue weighted by Crippen LogP contribution is 2.32. The average Bonchev–Trinajstić information content (AvgIpc) is 2.93. The number of hydrogen-bond donors (Lipinski definition) is 1. The molecule has 1 fully saturated rings. The van der Waals surface area contributed by atoms with Crippen molar-refractivity contribution in [2.45, 2.75) is 26.3 Å². The molecule has 0 radical (unpaired) electrons. The number of rotatable bonds is 2. The molecule has 2 heterocycles. The maximum absolute atomic E-state index is 6.07. The molecule has 0 saturated carbocycles. The zero-order valence-electron chi connectivity index (χ0n) is 11.8. The van der Waals surface area contributed by atoms with E-state index in [-0.39, 0.29) is 0 Å². The zero-order chi connectivity index (χ0) is 13.9. The molecule has 0 aromatic heterocycles. The molecule has 2 aliphatic heterocycles. The Morgan fingerprint density at radius 3 is 2.85 bits per heavy atom. The van der Waals surface area contributed by atoms with E-state index in [1.807, 2.05) is 18.2 Å². The summed E-state index contributed by atoms with van der Waals surface area (Å²) in [5.74, 6) is 3.04. The van der Waals surface area contributed by atoms with Crippen LogP contribution in [0.1, 0.15) is 25.3 Å². The predicted molar refractivity (Wildman–Crippen MR) is 77.9 cm³/mol. The number of fused-ring (bicyclic) bond motifs is 1. The Balaban J connectivity index is 1.61. The van der Waals surface area contributed by atoms with Crippen molar-refractivity contribution in [2.24, 2.45) is 16.6 Å². The van der Waals surface area contributed by atoms with E-state index in [4.69, 9.17) is 15.2 Å². The number of guanidine groups is 1. The molecule has 0 atom stereocenters. The Bertz CT molecular complexity index is 508. The molecule has 5 heteroatoms. The molecule has 0 aliphatic carbocycles. The second-order valence-corrected chi connectivity index (χ2v) is 5.53. The second-order valence-electron chi connectivity index (χ2n) is 5.53. The Morgan fingerprint density at radius 2 is 2.05 bits per heavy atom. The monoisotopic (exact) mass is 275 g/mol. The lowest BCUT2D eigenvalue weighted by atomic mass is 10.00. The van der Waals surface area contributed by atoms with Gasteiger partial charge in [-0.25, -0.2) is 4.99 Å². The van der Waals surface area contributed by atoms with E-state index < -0.39 is 0 Å². The van der Waals surface area contributed by atoms with Crippen LogP contribution >= 0.6 is 0 Å². The molecule has 1 aromatic carbocycles. The van der Waals surface area contributed by atoms with E-state index >= 15 is 0 Å². The van der Waals surface area contributed by atoms with Crippen molar-refractivity contribution >= 4 is 5.96 Å². The van der Waals surface area contributed by atoms with Gasteiger partial charge in [-0.2, -0.15) is 0 Å². The van der Waals surface area contributed by atoms with Gasteiger partial charge in [0, 0.05) is 13.1 Å². The van der Waals surface area contributed by atoms with Crippen LogP contribution in [0.4, 0.5) is 0 Å². The molecule has 0 amide bonds. The zero-order valence-corrected chi connectivity index (χ0v) is 11.8. The van der Waals surface area contributed by atoms with Crippen LogP contribution in [0.2, 0.25) is 0 Å². The van der Waals surface area contributed by atoms with E-state index in [1.165, 1.54) is 12.8 Å². The van der Waals surface area contributed by atoms with Gasteiger partial charge in [0.1, 0.15) is 0 Å². The third kappa shape index (κ3) is 2.81. The van der Waals surface area contributed by atoms with E-state index in [0.29, 0.717) is 19.3 Å². The van der Waals surface area contributed by atoms with Crippen molar-refractivity contribution < 1.29 is 9.47 Å². The van der Waals surface area contributed by atoms with Crippen LogP contribution < -0.4 is 15.2 Å². The highest BCUT2D eigenvalue weighted by atomic mass is 16.7. The summed E-state index contributed by atoms with van der Waals surface area (Å²) in [7, 11) is 0. The van der Waals surface area contributed by atoms with Gasteiger partial charge < -0.3 is 20.1 Å². The van der Waals surface area contributed by atoms with Crippen LogP contribution in [0.5, 0.6) is 11.5 Å². The number of ether oxygens (including phenoxy) is 2. The van der Waals surface area contributed by atoms with Crippen molar-refractivity contribution in [1.82, 2.24) is 4.90 Å². The van der Waals surface area contributed by atoms with Gasteiger partial charge in [0.25, 0.3) is 0 Å². The second kappa shape index (κ2) is 5.61. The number of hydrogen-bond acceptors (Lipinski definition) is 3. The molecule has 0 bridgehead atoms. The van der Waals surface area contributed by atoms with Crippen LogP contribution in [-0.2, 0) is 6.54 Å². The van der Waals surface area contributed by atoms with Crippen LogP contribution in [0, 0.1) is 5.92 Å². The average molecular weight is 275 g/mol. The summed E-state index contributed by atoms with van der Waals surface area (Å²) in [6.45, 7) is 5.19. The summed E-state index contributed by atoms with van der Waals surface area (Å²) in [4.78, 5) is 6.67. The first-order valence-corrected chi connectivity index (χ1v) is 7.16. The van der Waals surface area contributed by atoms with Gasteiger partial charge in [-0.1, -0.05) is 13.0 Å². The van der Waals surface area contributed by atoms with Crippen LogP contribution in [0.25, 0.3) is 0 Å². The minimum atomic E-state index is 0.302. The minimum absolute atomic E-state index is 0.302. The first-order valence-electron chi connectivity index (χ1n) is 7.16. The number of aliphatic imine (C=N–C) groups is 1. The number of likely N-dealkylation sites (tertiary alicyclic amines) is 1. The Kier molecular flexibility index (Phi) is 3.67. The van der Waals surface area contributed by atoms with Crippen molar-refractivity contribution in [1.29, 1.82) is 0 Å². The summed E-state index contributed by atoms with van der Waals surface area (Å²) < 4.78 is 10.7. The molecular formula is C15H21N3O2. The molecule has 3 rings (SSSR count). The van der Waals surface area contributed by atoms with E-state index in [2.05, 4.69) is 16.8 Å². The normalized spacial score (nSPS) is 19.4. The SMILES string of the molecule is CC1CCN(C(N)=NCc2ccc3c(c2)OCO3)CC1. The fourth-order valence-corrected chi connectivity index (χ4v) is 2.55. The third-order valence-electron chi connectivity index (χ3n) is 3.97. The van der Waals surface area contributed by atoms with Gasteiger partial charge in [-0.3, -0.25) is 0 Å². The smallest absolute Gasteiger partial charge is 0.231 e. The molecule has 108 valence electrons. The molecule has 20 heavy (non-hydrogen) atoms. The van der Waals surface area contributed by atoms with Crippen molar-refractivity contribution in [3.63, 3.8) is 0 Å². The summed E-state index contributed by atoms with van der Waals surface area (Å²) >= 11 is 0. The lowest BCUT2D eigenvalue weighted by Gasteiger charge is -2.31.